The molecule has 7 heteroatoms. The van der Waals surface area contributed by atoms with Gasteiger partial charge in [-0.15, -0.1) is 0 Å². The van der Waals surface area contributed by atoms with Crippen LogP contribution in [0.15, 0.2) is 36.4 Å². The molecule has 0 radical (unpaired) electrons. The molecule has 1 N–H and O–H groups in total. The zero-order chi connectivity index (χ0) is 17.6. The number of benzene rings is 2. The van der Waals surface area contributed by atoms with Gasteiger partial charge < -0.3 is 19.5 Å². The minimum absolute atomic E-state index is 0.184. The highest BCUT2D eigenvalue weighted by Crippen LogP contribution is 2.37. The minimum Gasteiger partial charge on any atom is -0.490 e. The number of nitrogens with zero attached hydrogens (tertiary/aromatic N) is 1. The van der Waals surface area contributed by atoms with Crippen LogP contribution in [0.2, 0.25) is 5.02 Å². The first kappa shape index (κ1) is 16.9. The SMILES string of the molecule is N#Cc1ccc(OCC(=O)Nc2cc3c(cc2Cl)OCCCO3)cc1. The molecule has 0 aromatic heterocycles. The third-order valence-corrected chi connectivity index (χ3v) is 3.78. The lowest BCUT2D eigenvalue weighted by Gasteiger charge is -2.13. The molecule has 0 spiro atoms. The number of hydrogen-bond acceptors (Lipinski definition) is 5. The smallest absolute Gasteiger partial charge is 0.262 e. The summed E-state index contributed by atoms with van der Waals surface area (Å²) in [7, 11) is 0. The van der Waals surface area contributed by atoms with Crippen molar-refractivity contribution in [3.05, 3.63) is 47.0 Å². The number of nitrogens with one attached hydrogen (secondary N) is 1. The van der Waals surface area contributed by atoms with Crippen molar-refractivity contribution in [2.75, 3.05) is 25.1 Å². The third-order valence-electron chi connectivity index (χ3n) is 3.46. The predicted molar refractivity (Wildman–Crippen MR) is 92.3 cm³/mol. The van der Waals surface area contributed by atoms with Gasteiger partial charge in [-0.25, -0.2) is 0 Å². The molecule has 2 aromatic rings. The van der Waals surface area contributed by atoms with Crippen LogP contribution in [-0.2, 0) is 4.79 Å². The molecule has 0 saturated heterocycles. The fourth-order valence-corrected chi connectivity index (χ4v) is 2.44. The van der Waals surface area contributed by atoms with E-state index in [1.807, 2.05) is 6.07 Å². The number of nitriles is 1. The molecule has 3 rings (SSSR count). The zero-order valence-corrected chi connectivity index (χ0v) is 14.0. The molecule has 0 atom stereocenters. The van der Waals surface area contributed by atoms with Gasteiger partial charge in [-0.3, -0.25) is 4.79 Å². The van der Waals surface area contributed by atoms with Crippen molar-refractivity contribution in [2.45, 2.75) is 6.42 Å². The molecule has 1 heterocycles. The Morgan fingerprint density at radius 1 is 1.20 bits per heavy atom. The Hall–Kier alpha value is -2.91. The Bertz CT molecular complexity index is 815. The van der Waals surface area contributed by atoms with Gasteiger partial charge in [0.05, 0.1) is 35.6 Å². The summed E-state index contributed by atoms with van der Waals surface area (Å²) in [5.74, 6) is 1.25. The molecule has 25 heavy (non-hydrogen) atoms. The summed E-state index contributed by atoms with van der Waals surface area (Å²) in [6.45, 7) is 0.925. The van der Waals surface area contributed by atoms with E-state index >= 15 is 0 Å². The van der Waals surface area contributed by atoms with Crippen LogP contribution in [0.25, 0.3) is 0 Å². The lowest BCUT2D eigenvalue weighted by Crippen LogP contribution is -2.20. The molecule has 6 nitrogen and oxygen atoms in total. The molecule has 128 valence electrons. The molecule has 0 bridgehead atoms. The van der Waals surface area contributed by atoms with Crippen molar-refractivity contribution in [3.8, 4) is 23.3 Å². The molecule has 1 aliphatic rings. The van der Waals surface area contributed by atoms with Gasteiger partial charge in [0.25, 0.3) is 5.91 Å². The Morgan fingerprint density at radius 3 is 2.56 bits per heavy atom. The second-order valence-corrected chi connectivity index (χ2v) is 5.71. The highest BCUT2D eigenvalue weighted by Gasteiger charge is 2.15. The van der Waals surface area contributed by atoms with Crippen LogP contribution in [0.5, 0.6) is 17.2 Å². The number of carbonyl (C=O) groups excluding carboxylic acids is 1. The van der Waals surface area contributed by atoms with Crippen molar-refractivity contribution in [1.29, 1.82) is 5.26 Å². The second-order valence-electron chi connectivity index (χ2n) is 5.30. The van der Waals surface area contributed by atoms with E-state index in [-0.39, 0.29) is 12.5 Å². The Kier molecular flexibility index (Phi) is 5.26. The fourth-order valence-electron chi connectivity index (χ4n) is 2.24. The zero-order valence-electron chi connectivity index (χ0n) is 13.3. The van der Waals surface area contributed by atoms with Gasteiger partial charge in [0.15, 0.2) is 18.1 Å². The predicted octanol–water partition coefficient (Wildman–Crippen LogP) is 3.39. The van der Waals surface area contributed by atoms with Crippen LogP contribution in [0.1, 0.15) is 12.0 Å². The normalized spacial score (nSPS) is 12.6. The lowest BCUT2D eigenvalue weighted by atomic mass is 10.2. The lowest BCUT2D eigenvalue weighted by molar-refractivity contribution is -0.118. The van der Waals surface area contributed by atoms with Crippen molar-refractivity contribution >= 4 is 23.2 Å². The highest BCUT2D eigenvalue weighted by molar-refractivity contribution is 6.34. The average Bonchev–Trinajstić information content (AvgIpc) is 2.85. The summed E-state index contributed by atoms with van der Waals surface area (Å²) in [4.78, 5) is 12.1. The van der Waals surface area contributed by atoms with Gasteiger partial charge in [-0.2, -0.15) is 5.26 Å². The largest absolute Gasteiger partial charge is 0.490 e. The number of anilines is 1. The monoisotopic (exact) mass is 358 g/mol. The summed E-state index contributed by atoms with van der Waals surface area (Å²) in [5, 5.41) is 11.8. The van der Waals surface area contributed by atoms with E-state index in [2.05, 4.69) is 5.32 Å². The number of amides is 1. The first-order valence-electron chi connectivity index (χ1n) is 7.67. The Labute approximate surface area is 149 Å². The molecular formula is C18H15ClN2O4. The maximum atomic E-state index is 12.1. The maximum Gasteiger partial charge on any atom is 0.262 e. The van der Waals surface area contributed by atoms with Crippen molar-refractivity contribution in [2.24, 2.45) is 0 Å². The van der Waals surface area contributed by atoms with Gasteiger partial charge >= 0.3 is 0 Å². The van der Waals surface area contributed by atoms with E-state index in [0.29, 0.717) is 46.7 Å². The molecule has 2 aromatic carbocycles. The first-order valence-corrected chi connectivity index (χ1v) is 8.05. The quantitative estimate of drug-likeness (QED) is 0.906. The topological polar surface area (TPSA) is 80.6 Å². The molecule has 0 saturated carbocycles. The number of rotatable bonds is 4. The Morgan fingerprint density at radius 2 is 1.88 bits per heavy atom. The van der Waals surface area contributed by atoms with Crippen LogP contribution in [0.4, 0.5) is 5.69 Å². The number of ether oxygens (including phenoxy) is 3. The van der Waals surface area contributed by atoms with Gasteiger partial charge in [-0.05, 0) is 24.3 Å². The van der Waals surface area contributed by atoms with E-state index < -0.39 is 0 Å². The highest BCUT2D eigenvalue weighted by atomic mass is 35.5. The van der Waals surface area contributed by atoms with Gasteiger partial charge in [-0.1, -0.05) is 11.6 Å². The average molecular weight is 359 g/mol. The minimum atomic E-state index is -0.360. The van der Waals surface area contributed by atoms with Gasteiger partial charge in [0.1, 0.15) is 5.75 Å². The van der Waals surface area contributed by atoms with E-state index in [4.69, 9.17) is 31.1 Å². The summed E-state index contributed by atoms with van der Waals surface area (Å²) in [6.07, 6.45) is 0.784. The van der Waals surface area contributed by atoms with Gasteiger partial charge in [0.2, 0.25) is 0 Å². The van der Waals surface area contributed by atoms with Crippen LogP contribution in [0, 0.1) is 11.3 Å². The third kappa shape index (κ3) is 4.34. The molecule has 1 aliphatic heterocycles. The molecule has 0 aliphatic carbocycles. The first-order chi connectivity index (χ1) is 12.2. The van der Waals surface area contributed by atoms with Gasteiger partial charge in [0, 0.05) is 18.6 Å². The number of halogens is 1. The summed E-state index contributed by atoms with van der Waals surface area (Å²) in [6, 6.07) is 11.8. The molecule has 0 fully saturated rings. The fraction of sp³-hybridized carbons (Fsp3) is 0.222. The van der Waals surface area contributed by atoms with Crippen LogP contribution >= 0.6 is 11.6 Å². The number of hydrogen-bond donors (Lipinski definition) is 1. The second kappa shape index (κ2) is 7.77. The Balaban J connectivity index is 1.62. The standard InChI is InChI=1S/C18H15ClN2O4/c19-14-8-16-17(24-7-1-6-23-16)9-15(14)21-18(22)11-25-13-4-2-12(10-20)3-5-13/h2-5,8-9H,1,6-7,11H2,(H,21,22). The van der Waals surface area contributed by atoms with Crippen LogP contribution < -0.4 is 19.5 Å². The summed E-state index contributed by atoms with van der Waals surface area (Å²) < 4.78 is 16.5. The van der Waals surface area contributed by atoms with Crippen LogP contribution in [0.3, 0.4) is 0 Å². The summed E-state index contributed by atoms with van der Waals surface area (Å²) >= 11 is 6.19. The van der Waals surface area contributed by atoms with E-state index in [1.54, 1.807) is 36.4 Å². The molecular weight excluding hydrogens is 344 g/mol. The number of fused-ring (bicyclic) bond motifs is 1. The molecule has 1 amide bonds. The van der Waals surface area contributed by atoms with Crippen LogP contribution in [-0.4, -0.2) is 25.7 Å². The van der Waals surface area contributed by atoms with Crippen molar-refractivity contribution in [3.63, 3.8) is 0 Å². The van der Waals surface area contributed by atoms with E-state index in [0.717, 1.165) is 6.42 Å². The molecule has 0 unspecified atom stereocenters. The maximum absolute atomic E-state index is 12.1. The van der Waals surface area contributed by atoms with Crippen molar-refractivity contribution in [1.82, 2.24) is 0 Å². The number of carbonyl (C=O) groups is 1. The van der Waals surface area contributed by atoms with E-state index in [9.17, 15) is 4.79 Å². The van der Waals surface area contributed by atoms with Crippen molar-refractivity contribution < 1.29 is 19.0 Å². The summed E-state index contributed by atoms with van der Waals surface area (Å²) in [5.41, 5.74) is 0.954. The van der Waals surface area contributed by atoms with E-state index in [1.165, 1.54) is 0 Å².